The number of aromatic nitrogens is 5. The molecule has 36 heavy (non-hydrogen) atoms. The highest BCUT2D eigenvalue weighted by molar-refractivity contribution is 7.16. The fourth-order valence-electron chi connectivity index (χ4n) is 5.32. The Morgan fingerprint density at radius 3 is 2.75 bits per heavy atom. The fourth-order valence-corrected chi connectivity index (χ4v) is 5.99. The number of rotatable bonds is 6. The topological polar surface area (TPSA) is 72.1 Å². The SMILES string of the molecule is CC#CCn1cc2c(n1)c(N1C[C@@H](CC)N([C@@H](C)c3ccc4ncsc4n3)C[C@@H]1CC)cc(=O)n2C. The van der Waals surface area contributed by atoms with Gasteiger partial charge in [-0.3, -0.25) is 14.4 Å². The standard InChI is InChI=1S/C27H33N7OS/c1-6-9-12-32-16-24-26(30-32)23(13-25(35)31(24)5)34-15-19(7-2)33(14-20(34)8-3)18(4)21-10-11-22-27(29-21)36-17-28-22/h10-11,13,16-20H,7-8,12,14-15H2,1-5H3/t18-,19+,20-/m0/s1. The number of anilines is 1. The third kappa shape index (κ3) is 4.29. The first-order valence-corrected chi connectivity index (χ1v) is 13.5. The summed E-state index contributed by atoms with van der Waals surface area (Å²) < 4.78 is 3.52. The molecule has 8 nitrogen and oxygen atoms in total. The van der Waals surface area contributed by atoms with E-state index in [9.17, 15) is 4.79 Å². The van der Waals surface area contributed by atoms with Crippen LogP contribution in [-0.2, 0) is 13.6 Å². The number of hydrogen-bond acceptors (Lipinski definition) is 7. The molecule has 3 atom stereocenters. The predicted molar refractivity (Wildman–Crippen MR) is 146 cm³/mol. The molecule has 0 unspecified atom stereocenters. The lowest BCUT2D eigenvalue weighted by molar-refractivity contribution is 0.0993. The van der Waals surface area contributed by atoms with Crippen LogP contribution in [0.3, 0.4) is 0 Å². The average Bonchev–Trinajstić information content (AvgIpc) is 3.55. The van der Waals surface area contributed by atoms with Crippen molar-refractivity contribution in [2.24, 2.45) is 7.05 Å². The Hall–Kier alpha value is -3.22. The van der Waals surface area contributed by atoms with Crippen LogP contribution < -0.4 is 10.5 Å². The molecular weight excluding hydrogens is 470 g/mol. The fraction of sp³-hybridized carbons (Fsp3) is 0.481. The van der Waals surface area contributed by atoms with Gasteiger partial charge in [0.15, 0.2) is 0 Å². The minimum absolute atomic E-state index is 0.0145. The molecule has 0 radical (unpaired) electrons. The molecule has 1 saturated heterocycles. The molecule has 5 rings (SSSR count). The second-order valence-corrected chi connectivity index (χ2v) is 10.3. The van der Waals surface area contributed by atoms with Gasteiger partial charge in [-0.1, -0.05) is 19.8 Å². The number of piperazine rings is 1. The molecule has 4 aromatic rings. The normalized spacial score (nSPS) is 19.5. The van der Waals surface area contributed by atoms with Gasteiger partial charge in [0.25, 0.3) is 5.56 Å². The van der Waals surface area contributed by atoms with Crippen molar-refractivity contribution < 1.29 is 0 Å². The summed E-state index contributed by atoms with van der Waals surface area (Å²) >= 11 is 1.59. The van der Waals surface area contributed by atoms with Crippen LogP contribution in [0.5, 0.6) is 0 Å². The molecule has 9 heteroatoms. The molecule has 0 spiro atoms. The summed E-state index contributed by atoms with van der Waals surface area (Å²) in [6.45, 7) is 10.8. The first kappa shape index (κ1) is 24.5. The number of hydrogen-bond donors (Lipinski definition) is 0. The monoisotopic (exact) mass is 503 g/mol. The van der Waals surface area contributed by atoms with Crippen molar-refractivity contribution in [3.05, 3.63) is 46.0 Å². The molecule has 1 fully saturated rings. The van der Waals surface area contributed by atoms with Crippen molar-refractivity contribution in [2.45, 2.75) is 65.2 Å². The molecule has 0 aliphatic carbocycles. The predicted octanol–water partition coefficient (Wildman–Crippen LogP) is 4.20. The van der Waals surface area contributed by atoms with E-state index in [1.54, 1.807) is 22.0 Å². The van der Waals surface area contributed by atoms with E-state index in [4.69, 9.17) is 10.1 Å². The lowest BCUT2D eigenvalue weighted by atomic mass is 9.98. The number of fused-ring (bicyclic) bond motifs is 2. The highest BCUT2D eigenvalue weighted by atomic mass is 32.1. The number of aryl methyl sites for hydroxylation is 1. The van der Waals surface area contributed by atoms with E-state index >= 15 is 0 Å². The highest BCUT2D eigenvalue weighted by Crippen LogP contribution is 2.34. The third-order valence-electron chi connectivity index (χ3n) is 7.49. The van der Waals surface area contributed by atoms with Gasteiger partial charge < -0.3 is 9.47 Å². The lowest BCUT2D eigenvalue weighted by Gasteiger charge is -2.49. The van der Waals surface area contributed by atoms with Gasteiger partial charge in [0, 0.05) is 44.3 Å². The van der Waals surface area contributed by atoms with Crippen LogP contribution in [0.25, 0.3) is 21.4 Å². The van der Waals surface area contributed by atoms with Gasteiger partial charge in [0.05, 0.1) is 34.1 Å². The second-order valence-electron chi connectivity index (χ2n) is 9.48. The Bertz CT molecular complexity index is 1510. The summed E-state index contributed by atoms with van der Waals surface area (Å²) in [5.74, 6) is 6.00. The molecule has 5 heterocycles. The van der Waals surface area contributed by atoms with E-state index in [1.165, 1.54) is 0 Å². The molecule has 188 valence electrons. The maximum absolute atomic E-state index is 13.0. The van der Waals surface area contributed by atoms with E-state index in [1.807, 2.05) is 30.4 Å². The number of thiazole rings is 1. The summed E-state index contributed by atoms with van der Waals surface area (Å²) in [5, 5.41) is 4.86. The van der Waals surface area contributed by atoms with Crippen LogP contribution in [0, 0.1) is 11.8 Å². The second kappa shape index (κ2) is 10.0. The van der Waals surface area contributed by atoms with Gasteiger partial charge >= 0.3 is 0 Å². The molecule has 0 aromatic carbocycles. The molecule has 0 saturated carbocycles. The number of pyridine rings is 2. The Kier molecular flexibility index (Phi) is 6.82. The van der Waals surface area contributed by atoms with Crippen LogP contribution in [0.15, 0.2) is 34.7 Å². The van der Waals surface area contributed by atoms with E-state index < -0.39 is 0 Å². The Morgan fingerprint density at radius 2 is 2.00 bits per heavy atom. The van der Waals surface area contributed by atoms with Gasteiger partial charge in [-0.05, 0) is 38.8 Å². The molecule has 0 bridgehead atoms. The quantitative estimate of drug-likeness (QED) is 0.367. The maximum atomic E-state index is 13.0. The summed E-state index contributed by atoms with van der Waals surface area (Å²) in [6.07, 6.45) is 3.91. The van der Waals surface area contributed by atoms with Crippen molar-refractivity contribution in [2.75, 3.05) is 18.0 Å². The summed E-state index contributed by atoms with van der Waals surface area (Å²) in [7, 11) is 1.81. The zero-order valence-electron chi connectivity index (χ0n) is 21.6. The minimum Gasteiger partial charge on any atom is -0.364 e. The van der Waals surface area contributed by atoms with Crippen LogP contribution in [-0.4, -0.2) is 54.4 Å². The van der Waals surface area contributed by atoms with Gasteiger partial charge in [0.1, 0.15) is 16.9 Å². The average molecular weight is 504 g/mol. The van der Waals surface area contributed by atoms with Crippen LogP contribution in [0.1, 0.15) is 52.3 Å². The minimum atomic E-state index is -0.0145. The molecule has 1 aliphatic rings. The van der Waals surface area contributed by atoms with Crippen LogP contribution in [0.2, 0.25) is 0 Å². The Morgan fingerprint density at radius 1 is 1.19 bits per heavy atom. The van der Waals surface area contributed by atoms with E-state index in [0.717, 1.165) is 58.7 Å². The Balaban J connectivity index is 1.50. The number of nitrogens with zero attached hydrogens (tertiary/aromatic N) is 7. The van der Waals surface area contributed by atoms with E-state index in [-0.39, 0.29) is 17.6 Å². The molecular formula is C27H33N7OS. The molecule has 0 N–H and O–H groups in total. The largest absolute Gasteiger partial charge is 0.364 e. The van der Waals surface area contributed by atoms with Gasteiger partial charge in [-0.25, -0.2) is 9.97 Å². The van der Waals surface area contributed by atoms with Gasteiger partial charge in [-0.15, -0.1) is 17.3 Å². The molecule has 4 aromatic heterocycles. The van der Waals surface area contributed by atoms with Crippen molar-refractivity contribution in [3.8, 4) is 11.8 Å². The summed E-state index contributed by atoms with van der Waals surface area (Å²) in [5.41, 5.74) is 6.52. The third-order valence-corrected chi connectivity index (χ3v) is 8.22. The maximum Gasteiger partial charge on any atom is 0.252 e. The smallest absolute Gasteiger partial charge is 0.252 e. The lowest BCUT2D eigenvalue weighted by Crippen LogP contribution is -2.58. The van der Waals surface area contributed by atoms with E-state index in [2.05, 4.69) is 59.5 Å². The van der Waals surface area contributed by atoms with E-state index in [0.29, 0.717) is 12.6 Å². The van der Waals surface area contributed by atoms with Crippen LogP contribution in [0.4, 0.5) is 5.69 Å². The zero-order chi connectivity index (χ0) is 25.4. The Labute approximate surface area is 215 Å². The van der Waals surface area contributed by atoms with Crippen molar-refractivity contribution in [1.82, 2.24) is 29.2 Å². The van der Waals surface area contributed by atoms with Gasteiger partial charge in [0.2, 0.25) is 0 Å². The van der Waals surface area contributed by atoms with Crippen molar-refractivity contribution in [1.29, 1.82) is 0 Å². The first-order chi connectivity index (χ1) is 17.4. The highest BCUT2D eigenvalue weighted by Gasteiger charge is 2.36. The zero-order valence-corrected chi connectivity index (χ0v) is 22.4. The van der Waals surface area contributed by atoms with Crippen molar-refractivity contribution in [3.63, 3.8) is 0 Å². The first-order valence-electron chi connectivity index (χ1n) is 12.6. The summed E-state index contributed by atoms with van der Waals surface area (Å²) in [4.78, 5) is 28.3. The molecule has 1 aliphatic heterocycles. The van der Waals surface area contributed by atoms with Crippen molar-refractivity contribution >= 4 is 38.4 Å². The van der Waals surface area contributed by atoms with Crippen LogP contribution >= 0.6 is 11.3 Å². The molecule has 0 amide bonds. The summed E-state index contributed by atoms with van der Waals surface area (Å²) in [6, 6.07) is 6.73. The van der Waals surface area contributed by atoms with Gasteiger partial charge in [-0.2, -0.15) is 5.10 Å².